The van der Waals surface area contributed by atoms with Crippen LogP contribution in [0, 0.1) is 0 Å². The van der Waals surface area contributed by atoms with Gasteiger partial charge in [0.25, 0.3) is 0 Å². The molecule has 0 fully saturated rings. The van der Waals surface area contributed by atoms with Gasteiger partial charge >= 0.3 is 12.0 Å². The molecule has 4 N–H and O–H groups in total. The number of carbonyl (C=O) groups is 3. The lowest BCUT2D eigenvalue weighted by molar-refractivity contribution is -0.139. The van der Waals surface area contributed by atoms with E-state index in [1.54, 1.807) is 0 Å². The van der Waals surface area contributed by atoms with Gasteiger partial charge in [0.1, 0.15) is 6.04 Å². The summed E-state index contributed by atoms with van der Waals surface area (Å²) in [4.78, 5) is 32.9. The summed E-state index contributed by atoms with van der Waals surface area (Å²) >= 11 is 0. The quantitative estimate of drug-likeness (QED) is 0.492. The van der Waals surface area contributed by atoms with Crippen LogP contribution in [0.25, 0.3) is 0 Å². The van der Waals surface area contributed by atoms with Crippen molar-refractivity contribution in [2.24, 2.45) is 0 Å². The third-order valence-electron chi connectivity index (χ3n) is 2.10. The van der Waals surface area contributed by atoms with Crippen molar-refractivity contribution in [3.63, 3.8) is 0 Å². The van der Waals surface area contributed by atoms with Crippen molar-refractivity contribution >= 4 is 17.9 Å². The van der Waals surface area contributed by atoms with Crippen molar-refractivity contribution in [3.8, 4) is 0 Å². The highest BCUT2D eigenvalue weighted by Gasteiger charge is 2.18. The zero-order valence-corrected chi connectivity index (χ0v) is 10.1. The molecule has 17 heavy (non-hydrogen) atoms. The van der Waals surface area contributed by atoms with Gasteiger partial charge < -0.3 is 21.1 Å². The third kappa shape index (κ3) is 7.15. The van der Waals surface area contributed by atoms with E-state index in [0.29, 0.717) is 12.8 Å². The van der Waals surface area contributed by atoms with E-state index in [-0.39, 0.29) is 18.9 Å². The number of aliphatic carboxylic acids is 1. The van der Waals surface area contributed by atoms with E-state index < -0.39 is 18.0 Å². The number of amides is 3. The van der Waals surface area contributed by atoms with Crippen molar-refractivity contribution in [1.29, 1.82) is 0 Å². The first kappa shape index (κ1) is 15.2. The van der Waals surface area contributed by atoms with Crippen LogP contribution in [0.1, 0.15) is 26.2 Å². The normalized spacial score (nSPS) is 11.4. The zero-order valence-electron chi connectivity index (χ0n) is 10.1. The number of urea groups is 1. The standard InChI is InChI=1S/C10H19N3O4/c1-3-4-7(9(15)16)13-10(17)12-6-5-8(14)11-2/h7H,3-6H2,1-2H3,(H,11,14)(H,15,16)(H2,12,13,17)/t7-/m0/s1. The Kier molecular flexibility index (Phi) is 7.49. The van der Waals surface area contributed by atoms with Crippen LogP contribution in [0.4, 0.5) is 4.79 Å². The van der Waals surface area contributed by atoms with Crippen LogP contribution >= 0.6 is 0 Å². The van der Waals surface area contributed by atoms with Crippen LogP contribution in [-0.2, 0) is 9.59 Å². The maximum atomic E-state index is 11.3. The summed E-state index contributed by atoms with van der Waals surface area (Å²) < 4.78 is 0. The van der Waals surface area contributed by atoms with Gasteiger partial charge in [-0.25, -0.2) is 9.59 Å². The molecule has 0 aliphatic heterocycles. The summed E-state index contributed by atoms with van der Waals surface area (Å²) in [5, 5.41) is 16.0. The lowest BCUT2D eigenvalue weighted by atomic mass is 10.2. The summed E-state index contributed by atoms with van der Waals surface area (Å²) in [6.45, 7) is 2.01. The number of carboxylic acid groups (broad SMARTS) is 1. The van der Waals surface area contributed by atoms with Gasteiger partial charge in [-0.15, -0.1) is 0 Å². The average Bonchev–Trinajstić information content (AvgIpc) is 2.28. The van der Waals surface area contributed by atoms with Crippen LogP contribution < -0.4 is 16.0 Å². The molecule has 0 aromatic heterocycles. The molecule has 0 bridgehead atoms. The Bertz CT molecular complexity index is 281. The summed E-state index contributed by atoms with van der Waals surface area (Å²) in [5.41, 5.74) is 0. The highest BCUT2D eigenvalue weighted by Crippen LogP contribution is 1.96. The first-order chi connectivity index (χ1) is 8.01. The molecule has 3 amide bonds. The molecule has 98 valence electrons. The van der Waals surface area contributed by atoms with Gasteiger partial charge in [-0.3, -0.25) is 4.79 Å². The Hall–Kier alpha value is -1.79. The highest BCUT2D eigenvalue weighted by atomic mass is 16.4. The lowest BCUT2D eigenvalue weighted by Crippen LogP contribution is -2.46. The minimum absolute atomic E-state index is 0.162. The molecule has 0 rings (SSSR count). The lowest BCUT2D eigenvalue weighted by Gasteiger charge is -2.14. The molecule has 0 radical (unpaired) electrons. The number of rotatable bonds is 7. The van der Waals surface area contributed by atoms with Gasteiger partial charge in [-0.1, -0.05) is 13.3 Å². The second kappa shape index (κ2) is 8.37. The molecule has 0 saturated carbocycles. The molecule has 0 heterocycles. The zero-order chi connectivity index (χ0) is 13.3. The van der Waals surface area contributed by atoms with Crippen molar-refractivity contribution in [2.75, 3.05) is 13.6 Å². The van der Waals surface area contributed by atoms with E-state index in [9.17, 15) is 14.4 Å². The maximum Gasteiger partial charge on any atom is 0.326 e. The van der Waals surface area contributed by atoms with Gasteiger partial charge in [0, 0.05) is 20.0 Å². The third-order valence-corrected chi connectivity index (χ3v) is 2.10. The molecule has 0 aliphatic carbocycles. The highest BCUT2D eigenvalue weighted by molar-refractivity contribution is 5.83. The van der Waals surface area contributed by atoms with E-state index in [4.69, 9.17) is 5.11 Å². The minimum Gasteiger partial charge on any atom is -0.480 e. The Balaban J connectivity index is 3.90. The van der Waals surface area contributed by atoms with Gasteiger partial charge in [0.15, 0.2) is 0 Å². The van der Waals surface area contributed by atoms with Crippen LogP contribution in [0.3, 0.4) is 0 Å². The molecular formula is C10H19N3O4. The Morgan fingerprint density at radius 2 is 1.94 bits per heavy atom. The number of hydrogen-bond donors (Lipinski definition) is 4. The number of carboxylic acids is 1. The summed E-state index contributed by atoms with van der Waals surface area (Å²) in [6.07, 6.45) is 1.20. The molecular weight excluding hydrogens is 226 g/mol. The second-order valence-electron chi connectivity index (χ2n) is 3.50. The topological polar surface area (TPSA) is 108 Å². The smallest absolute Gasteiger partial charge is 0.326 e. The van der Waals surface area contributed by atoms with Gasteiger partial charge in [0.2, 0.25) is 5.91 Å². The molecule has 7 nitrogen and oxygen atoms in total. The molecule has 0 aromatic rings. The van der Waals surface area contributed by atoms with Crippen LogP contribution in [0.15, 0.2) is 0 Å². The van der Waals surface area contributed by atoms with E-state index in [2.05, 4.69) is 16.0 Å². The summed E-state index contributed by atoms with van der Waals surface area (Å²) in [6, 6.07) is -1.46. The fourth-order valence-electron chi connectivity index (χ4n) is 1.17. The average molecular weight is 245 g/mol. The molecule has 0 spiro atoms. The van der Waals surface area contributed by atoms with Crippen molar-refractivity contribution in [3.05, 3.63) is 0 Å². The van der Waals surface area contributed by atoms with Gasteiger partial charge in [-0.2, -0.15) is 0 Å². The molecule has 1 atom stereocenters. The Labute approximate surface area is 100.0 Å². The molecule has 0 saturated heterocycles. The predicted molar refractivity (Wildman–Crippen MR) is 61.5 cm³/mol. The SMILES string of the molecule is CCC[C@H](NC(=O)NCCC(=O)NC)C(=O)O. The van der Waals surface area contributed by atoms with Gasteiger partial charge in [-0.05, 0) is 6.42 Å². The second-order valence-corrected chi connectivity index (χ2v) is 3.50. The Morgan fingerprint density at radius 1 is 1.29 bits per heavy atom. The van der Waals surface area contributed by atoms with Gasteiger partial charge in [0.05, 0.1) is 0 Å². The summed E-state index contributed by atoms with van der Waals surface area (Å²) in [5.74, 6) is -1.25. The van der Waals surface area contributed by atoms with Crippen LogP contribution in [-0.4, -0.2) is 42.6 Å². The largest absolute Gasteiger partial charge is 0.480 e. The van der Waals surface area contributed by atoms with Crippen LogP contribution in [0.2, 0.25) is 0 Å². The molecule has 7 heteroatoms. The fraction of sp³-hybridized carbons (Fsp3) is 0.700. The van der Waals surface area contributed by atoms with E-state index in [1.165, 1.54) is 7.05 Å². The molecule has 0 aliphatic rings. The van der Waals surface area contributed by atoms with Crippen LogP contribution in [0.5, 0.6) is 0 Å². The number of nitrogens with one attached hydrogen (secondary N) is 3. The van der Waals surface area contributed by atoms with E-state index >= 15 is 0 Å². The van der Waals surface area contributed by atoms with E-state index in [0.717, 1.165) is 0 Å². The van der Waals surface area contributed by atoms with E-state index in [1.807, 2.05) is 6.92 Å². The molecule has 0 unspecified atom stereocenters. The summed E-state index contributed by atoms with van der Waals surface area (Å²) in [7, 11) is 1.50. The van der Waals surface area contributed by atoms with Crippen molar-refractivity contribution in [2.45, 2.75) is 32.2 Å². The minimum atomic E-state index is -1.06. The predicted octanol–water partition coefficient (Wildman–Crippen LogP) is -0.325. The monoisotopic (exact) mass is 245 g/mol. The maximum absolute atomic E-state index is 11.3. The van der Waals surface area contributed by atoms with Crippen molar-refractivity contribution < 1.29 is 19.5 Å². The Morgan fingerprint density at radius 3 is 2.41 bits per heavy atom. The van der Waals surface area contributed by atoms with Crippen molar-refractivity contribution in [1.82, 2.24) is 16.0 Å². The number of hydrogen-bond acceptors (Lipinski definition) is 3. The number of carbonyl (C=O) groups excluding carboxylic acids is 2. The first-order valence-electron chi connectivity index (χ1n) is 5.49. The fourth-order valence-corrected chi connectivity index (χ4v) is 1.17. The molecule has 0 aromatic carbocycles. The first-order valence-corrected chi connectivity index (χ1v) is 5.49.